The molecule has 6 heteroatoms. The second-order valence-electron chi connectivity index (χ2n) is 3.98. The third-order valence-electron chi connectivity index (χ3n) is 2.66. The Kier molecular flexibility index (Phi) is 3.82. The number of hydrogen-bond acceptors (Lipinski definition) is 4. The summed E-state index contributed by atoms with van der Waals surface area (Å²) in [6.07, 6.45) is 0. The Morgan fingerprint density at radius 2 is 1.95 bits per heavy atom. The van der Waals surface area contributed by atoms with Gasteiger partial charge in [0.15, 0.2) is 0 Å². The van der Waals surface area contributed by atoms with Crippen molar-refractivity contribution in [3.8, 4) is 0 Å². The fourth-order valence-electron chi connectivity index (χ4n) is 1.77. The number of hydrogen-bond donors (Lipinski definition) is 3. The second-order valence-corrected chi connectivity index (χ2v) is 5.47. The summed E-state index contributed by atoms with van der Waals surface area (Å²) in [7, 11) is 0. The molecule has 4 nitrogen and oxygen atoms in total. The molecule has 0 saturated carbocycles. The van der Waals surface area contributed by atoms with Gasteiger partial charge in [-0.1, -0.05) is 30.4 Å². The van der Waals surface area contributed by atoms with Gasteiger partial charge in [-0.05, 0) is 24.6 Å². The van der Waals surface area contributed by atoms with E-state index in [1.165, 1.54) is 11.3 Å². The Morgan fingerprint density at radius 1 is 1.32 bits per heavy atom. The van der Waals surface area contributed by atoms with Crippen molar-refractivity contribution in [3.05, 3.63) is 46.3 Å². The zero-order valence-electron chi connectivity index (χ0n) is 10.3. The Labute approximate surface area is 120 Å². The monoisotopic (exact) mass is 291 g/mol. The zero-order chi connectivity index (χ0) is 14.0. The van der Waals surface area contributed by atoms with Crippen LogP contribution in [0.1, 0.15) is 20.8 Å². The molecule has 0 fully saturated rings. The number of amides is 1. The van der Waals surface area contributed by atoms with Crippen LogP contribution >= 0.6 is 23.6 Å². The SMILES string of the molecule is Cc1c(C(=O)Nc2ccccc2)sc(N)c1C(N)=S. The molecule has 0 spiro atoms. The molecule has 98 valence electrons. The van der Waals surface area contributed by atoms with Crippen LogP contribution in [0.4, 0.5) is 10.7 Å². The molecule has 1 aromatic carbocycles. The molecule has 2 rings (SSSR count). The van der Waals surface area contributed by atoms with Crippen molar-refractivity contribution in [1.29, 1.82) is 0 Å². The van der Waals surface area contributed by atoms with E-state index in [1.54, 1.807) is 6.92 Å². The maximum Gasteiger partial charge on any atom is 0.266 e. The second kappa shape index (κ2) is 5.38. The predicted molar refractivity (Wildman–Crippen MR) is 83.8 cm³/mol. The van der Waals surface area contributed by atoms with Crippen LogP contribution in [0, 0.1) is 6.92 Å². The summed E-state index contributed by atoms with van der Waals surface area (Å²) in [5.74, 6) is -0.206. The highest BCUT2D eigenvalue weighted by molar-refractivity contribution is 7.80. The van der Waals surface area contributed by atoms with Gasteiger partial charge in [-0.25, -0.2) is 0 Å². The van der Waals surface area contributed by atoms with Crippen molar-refractivity contribution < 1.29 is 4.79 Å². The number of carbonyl (C=O) groups excluding carboxylic acids is 1. The normalized spacial score (nSPS) is 10.2. The highest BCUT2D eigenvalue weighted by atomic mass is 32.1. The molecule has 0 aliphatic heterocycles. The quantitative estimate of drug-likeness (QED) is 0.759. The number of thiocarbonyl (C=S) groups is 1. The average Bonchev–Trinajstić information content (AvgIpc) is 2.66. The molecule has 0 unspecified atom stereocenters. The first-order valence-corrected chi connectivity index (χ1v) is 6.78. The third-order valence-corrected chi connectivity index (χ3v) is 3.98. The smallest absolute Gasteiger partial charge is 0.266 e. The van der Waals surface area contributed by atoms with Crippen LogP contribution in [0.25, 0.3) is 0 Å². The van der Waals surface area contributed by atoms with Gasteiger partial charge in [0, 0.05) is 11.3 Å². The highest BCUT2D eigenvalue weighted by Crippen LogP contribution is 2.30. The van der Waals surface area contributed by atoms with Crippen molar-refractivity contribution in [2.24, 2.45) is 5.73 Å². The summed E-state index contributed by atoms with van der Waals surface area (Å²) in [6.45, 7) is 1.79. The fourth-order valence-corrected chi connectivity index (χ4v) is 3.08. The summed E-state index contributed by atoms with van der Waals surface area (Å²) >= 11 is 6.13. The number of benzene rings is 1. The highest BCUT2D eigenvalue weighted by Gasteiger charge is 2.20. The lowest BCUT2D eigenvalue weighted by atomic mass is 10.1. The molecule has 0 atom stereocenters. The molecule has 0 bridgehead atoms. The molecule has 19 heavy (non-hydrogen) atoms. The van der Waals surface area contributed by atoms with Gasteiger partial charge in [0.05, 0.1) is 9.88 Å². The summed E-state index contributed by atoms with van der Waals surface area (Å²) in [5, 5.41) is 3.29. The summed E-state index contributed by atoms with van der Waals surface area (Å²) < 4.78 is 0. The summed E-state index contributed by atoms with van der Waals surface area (Å²) in [5.41, 5.74) is 13.5. The van der Waals surface area contributed by atoms with Crippen molar-refractivity contribution in [3.63, 3.8) is 0 Å². The molecule has 5 N–H and O–H groups in total. The molecule has 0 aliphatic rings. The Hall–Kier alpha value is -1.92. The Morgan fingerprint density at radius 3 is 2.47 bits per heavy atom. The summed E-state index contributed by atoms with van der Waals surface area (Å²) in [4.78, 5) is 12.9. The lowest BCUT2D eigenvalue weighted by Gasteiger charge is -2.04. The standard InChI is InChI=1S/C13H13N3OS2/c1-7-9(11(14)18)12(15)19-10(7)13(17)16-8-5-3-2-4-6-8/h2-6H,15H2,1H3,(H2,14,18)(H,16,17). The average molecular weight is 291 g/mol. The van der Waals surface area contributed by atoms with E-state index >= 15 is 0 Å². The van der Waals surface area contributed by atoms with Crippen molar-refractivity contribution >= 4 is 45.1 Å². The largest absolute Gasteiger partial charge is 0.390 e. The first-order chi connectivity index (χ1) is 9.00. The van der Waals surface area contributed by atoms with Gasteiger partial charge in [0.1, 0.15) is 4.99 Å². The molecular formula is C13H13N3OS2. The minimum atomic E-state index is -0.206. The first kappa shape index (κ1) is 13.5. The van der Waals surface area contributed by atoms with E-state index in [2.05, 4.69) is 5.32 Å². The van der Waals surface area contributed by atoms with Gasteiger partial charge in [0.2, 0.25) is 0 Å². The van der Waals surface area contributed by atoms with Gasteiger partial charge in [-0.15, -0.1) is 11.3 Å². The van der Waals surface area contributed by atoms with E-state index in [0.717, 1.165) is 11.3 Å². The van der Waals surface area contributed by atoms with Crippen molar-refractivity contribution in [1.82, 2.24) is 0 Å². The van der Waals surface area contributed by atoms with Crippen LogP contribution in [-0.4, -0.2) is 10.9 Å². The molecule has 2 aromatic rings. The first-order valence-electron chi connectivity index (χ1n) is 5.55. The number of thiophene rings is 1. The Balaban J connectivity index is 2.30. The molecule has 0 aliphatic carbocycles. The molecule has 0 radical (unpaired) electrons. The van der Waals surface area contributed by atoms with Crippen molar-refractivity contribution in [2.75, 3.05) is 11.1 Å². The van der Waals surface area contributed by atoms with E-state index in [9.17, 15) is 4.79 Å². The van der Waals surface area contributed by atoms with Crippen LogP contribution < -0.4 is 16.8 Å². The topological polar surface area (TPSA) is 81.1 Å². The van der Waals surface area contributed by atoms with Crippen LogP contribution in [0.15, 0.2) is 30.3 Å². The predicted octanol–water partition coefficient (Wildman–Crippen LogP) is 2.53. The van der Waals surface area contributed by atoms with Crippen LogP contribution in [-0.2, 0) is 0 Å². The molecule has 1 heterocycles. The molecule has 1 amide bonds. The lowest BCUT2D eigenvalue weighted by Crippen LogP contribution is -2.14. The number of anilines is 2. The van der Waals surface area contributed by atoms with E-state index in [0.29, 0.717) is 15.4 Å². The van der Waals surface area contributed by atoms with E-state index in [-0.39, 0.29) is 10.9 Å². The van der Waals surface area contributed by atoms with Gasteiger partial charge >= 0.3 is 0 Å². The van der Waals surface area contributed by atoms with Gasteiger partial charge in [-0.3, -0.25) is 4.79 Å². The number of para-hydroxylation sites is 1. The van der Waals surface area contributed by atoms with Crippen LogP contribution in [0.2, 0.25) is 0 Å². The maximum atomic E-state index is 12.2. The van der Waals surface area contributed by atoms with Crippen LogP contribution in [0.3, 0.4) is 0 Å². The van der Waals surface area contributed by atoms with Gasteiger partial charge in [-0.2, -0.15) is 0 Å². The summed E-state index contributed by atoms with van der Waals surface area (Å²) in [6, 6.07) is 9.23. The molecule has 1 aromatic heterocycles. The fraction of sp³-hybridized carbons (Fsp3) is 0.0769. The molecule has 0 saturated heterocycles. The third kappa shape index (κ3) is 2.74. The van der Waals surface area contributed by atoms with Gasteiger partial charge in [0.25, 0.3) is 5.91 Å². The Bertz CT molecular complexity index is 635. The zero-order valence-corrected chi connectivity index (χ0v) is 11.9. The minimum Gasteiger partial charge on any atom is -0.390 e. The van der Waals surface area contributed by atoms with E-state index < -0.39 is 0 Å². The lowest BCUT2D eigenvalue weighted by molar-refractivity contribution is 0.103. The number of nitrogens with two attached hydrogens (primary N) is 2. The maximum absolute atomic E-state index is 12.2. The van der Waals surface area contributed by atoms with E-state index in [1.807, 2.05) is 30.3 Å². The van der Waals surface area contributed by atoms with Crippen LogP contribution in [0.5, 0.6) is 0 Å². The number of carbonyl (C=O) groups is 1. The minimum absolute atomic E-state index is 0.206. The van der Waals surface area contributed by atoms with E-state index in [4.69, 9.17) is 23.7 Å². The molecular weight excluding hydrogens is 278 g/mol. The number of nitrogen functional groups attached to an aromatic ring is 1. The van der Waals surface area contributed by atoms with Gasteiger partial charge < -0.3 is 16.8 Å². The van der Waals surface area contributed by atoms with Crippen molar-refractivity contribution in [2.45, 2.75) is 6.92 Å². The number of nitrogens with one attached hydrogen (secondary N) is 1. The number of rotatable bonds is 3.